The monoisotopic (exact) mass is 486 g/mol. The molecule has 1 aromatic heterocycles. The average Bonchev–Trinajstić information content (AvgIpc) is 3.51. The number of aromatic nitrogens is 1. The van der Waals surface area contributed by atoms with E-state index in [0.717, 1.165) is 39.8 Å². The number of ether oxygens (including phenoxy) is 1. The summed E-state index contributed by atoms with van der Waals surface area (Å²) in [5.41, 5.74) is 5.05. The van der Waals surface area contributed by atoms with E-state index in [2.05, 4.69) is 29.2 Å². The van der Waals surface area contributed by atoms with Crippen molar-refractivity contribution < 1.29 is 19.1 Å². The summed E-state index contributed by atoms with van der Waals surface area (Å²) in [4.78, 5) is 18.0. The van der Waals surface area contributed by atoms with Crippen LogP contribution in [0.2, 0.25) is 0 Å². The number of carboxylic acids is 1. The van der Waals surface area contributed by atoms with Crippen molar-refractivity contribution in [2.24, 2.45) is 0 Å². The zero-order chi connectivity index (χ0) is 24.2. The Morgan fingerprint density at radius 1 is 1.03 bits per heavy atom. The lowest BCUT2D eigenvalue weighted by Gasteiger charge is -2.20. The van der Waals surface area contributed by atoms with Gasteiger partial charge in [0.15, 0.2) is 0 Å². The third-order valence-corrected chi connectivity index (χ3v) is 7.14. The van der Waals surface area contributed by atoms with Crippen LogP contribution in [-0.2, 0) is 17.9 Å². The Labute approximate surface area is 208 Å². The number of hydrogen-bond acceptors (Lipinski definition) is 6. The molecular formula is C28H26N2O4S. The van der Waals surface area contributed by atoms with Crippen LogP contribution in [0.3, 0.4) is 0 Å². The molecule has 0 spiro atoms. The molecule has 1 aliphatic rings. The molecule has 0 amide bonds. The molecule has 1 fully saturated rings. The van der Waals surface area contributed by atoms with Crippen molar-refractivity contribution in [2.75, 3.05) is 11.6 Å². The lowest BCUT2D eigenvalue weighted by molar-refractivity contribution is -0.141. The summed E-state index contributed by atoms with van der Waals surface area (Å²) in [6, 6.07) is 25.8. The molecule has 35 heavy (non-hydrogen) atoms. The Bertz CT molecular complexity index is 1290. The van der Waals surface area contributed by atoms with Gasteiger partial charge < -0.3 is 14.3 Å². The minimum Gasteiger partial charge on any atom is -0.487 e. The smallest absolute Gasteiger partial charge is 0.321 e. The molecule has 0 unspecified atom stereocenters. The molecule has 3 aromatic carbocycles. The number of rotatable bonds is 8. The number of nitrogens with zero attached hydrogens (tertiary/aromatic N) is 2. The lowest BCUT2D eigenvalue weighted by atomic mass is 10.0. The van der Waals surface area contributed by atoms with Crippen molar-refractivity contribution in [2.45, 2.75) is 26.1 Å². The molecular weight excluding hydrogens is 460 g/mol. The first-order valence-electron chi connectivity index (χ1n) is 11.5. The first kappa shape index (κ1) is 23.2. The van der Waals surface area contributed by atoms with Gasteiger partial charge in [-0.1, -0.05) is 54.6 Å². The predicted molar refractivity (Wildman–Crippen MR) is 137 cm³/mol. The van der Waals surface area contributed by atoms with E-state index in [1.54, 1.807) is 11.8 Å². The van der Waals surface area contributed by atoms with Crippen molar-refractivity contribution in [1.29, 1.82) is 0 Å². The fraction of sp³-hybridized carbons (Fsp3) is 0.214. The lowest BCUT2D eigenvalue weighted by Crippen LogP contribution is -2.37. The van der Waals surface area contributed by atoms with Crippen molar-refractivity contribution in [3.63, 3.8) is 0 Å². The zero-order valence-corrected chi connectivity index (χ0v) is 20.2. The van der Waals surface area contributed by atoms with E-state index >= 15 is 0 Å². The molecule has 1 saturated heterocycles. The van der Waals surface area contributed by atoms with E-state index in [4.69, 9.17) is 9.15 Å². The highest BCUT2D eigenvalue weighted by atomic mass is 32.2. The van der Waals surface area contributed by atoms with Gasteiger partial charge in [-0.05, 0) is 47.9 Å². The van der Waals surface area contributed by atoms with E-state index in [-0.39, 0.29) is 0 Å². The first-order valence-corrected chi connectivity index (χ1v) is 12.6. The number of thioether (sulfide) groups is 1. The highest BCUT2D eigenvalue weighted by molar-refractivity contribution is 7.99. The second kappa shape index (κ2) is 10.4. The van der Waals surface area contributed by atoms with Crippen LogP contribution in [0, 0.1) is 6.92 Å². The number of hydrogen-bond donors (Lipinski definition) is 1. The van der Waals surface area contributed by atoms with Crippen molar-refractivity contribution >= 4 is 17.7 Å². The van der Waals surface area contributed by atoms with Gasteiger partial charge >= 0.3 is 5.97 Å². The van der Waals surface area contributed by atoms with Crippen LogP contribution in [-0.4, -0.2) is 38.6 Å². The maximum Gasteiger partial charge on any atom is 0.321 e. The second-order valence-corrected chi connectivity index (χ2v) is 9.50. The molecule has 1 atom stereocenters. The summed E-state index contributed by atoms with van der Waals surface area (Å²) in [5.74, 6) is 2.65. The van der Waals surface area contributed by atoms with Gasteiger partial charge in [0.25, 0.3) is 0 Å². The van der Waals surface area contributed by atoms with Gasteiger partial charge in [0.2, 0.25) is 5.89 Å². The minimum absolute atomic E-state index is 0.306. The van der Waals surface area contributed by atoms with E-state index in [1.165, 1.54) is 5.56 Å². The van der Waals surface area contributed by atoms with Gasteiger partial charge in [0.05, 0.1) is 0 Å². The predicted octanol–water partition coefficient (Wildman–Crippen LogP) is 5.86. The summed E-state index contributed by atoms with van der Waals surface area (Å²) in [6.07, 6.45) is 0. The molecule has 0 aliphatic carbocycles. The molecule has 7 heteroatoms. The van der Waals surface area contributed by atoms with E-state index in [9.17, 15) is 9.90 Å². The van der Waals surface area contributed by atoms with Crippen LogP contribution in [0.4, 0.5) is 0 Å². The third-order valence-electron chi connectivity index (χ3n) is 6.07. The summed E-state index contributed by atoms with van der Waals surface area (Å²) in [7, 11) is 0. The molecule has 0 saturated carbocycles. The van der Waals surface area contributed by atoms with Crippen LogP contribution < -0.4 is 4.74 Å². The normalized spacial score (nSPS) is 15.9. The molecule has 178 valence electrons. The first-order chi connectivity index (χ1) is 17.1. The fourth-order valence-corrected chi connectivity index (χ4v) is 5.25. The van der Waals surface area contributed by atoms with Crippen molar-refractivity contribution in [1.82, 2.24) is 9.88 Å². The quantitative estimate of drug-likeness (QED) is 0.334. The van der Waals surface area contributed by atoms with Crippen LogP contribution >= 0.6 is 11.8 Å². The van der Waals surface area contributed by atoms with Crippen molar-refractivity contribution in [3.05, 3.63) is 95.9 Å². The Hall–Kier alpha value is -3.55. The molecule has 1 N–H and O–H groups in total. The molecule has 4 aromatic rings. The maximum absolute atomic E-state index is 11.4. The van der Waals surface area contributed by atoms with E-state index in [0.29, 0.717) is 24.8 Å². The fourth-order valence-electron chi connectivity index (χ4n) is 4.06. The van der Waals surface area contributed by atoms with E-state index < -0.39 is 12.0 Å². The Kier molecular flexibility index (Phi) is 6.88. The molecule has 1 aliphatic heterocycles. The number of carboxylic acid groups (broad SMARTS) is 1. The Morgan fingerprint density at radius 3 is 2.43 bits per heavy atom. The highest BCUT2D eigenvalue weighted by Gasteiger charge is 2.30. The number of carbonyl (C=O) groups is 1. The molecule has 2 heterocycles. The molecule has 6 nitrogen and oxygen atoms in total. The van der Waals surface area contributed by atoms with Gasteiger partial charge in [0, 0.05) is 23.7 Å². The summed E-state index contributed by atoms with van der Waals surface area (Å²) in [5, 5.41) is 9.35. The minimum atomic E-state index is -0.760. The van der Waals surface area contributed by atoms with Crippen molar-refractivity contribution in [3.8, 4) is 28.3 Å². The second-order valence-electron chi connectivity index (χ2n) is 8.50. The van der Waals surface area contributed by atoms with Crippen LogP contribution in [0.15, 0.2) is 83.3 Å². The molecule has 0 bridgehead atoms. The maximum atomic E-state index is 11.4. The number of aliphatic carboxylic acids is 1. The average molecular weight is 487 g/mol. The topological polar surface area (TPSA) is 75.8 Å². The molecule has 0 radical (unpaired) electrons. The van der Waals surface area contributed by atoms with Gasteiger partial charge in [-0.15, -0.1) is 11.8 Å². The van der Waals surface area contributed by atoms with E-state index in [1.807, 2.05) is 66.4 Å². The standard InChI is InChI=1S/C28H26N2O4S/c1-19-25(29-27(34-19)23-11-9-22(10-12-23)21-5-3-2-4-6-21)16-33-24-13-7-20(8-14-24)15-30-18-35-17-26(30)28(31)32/h2-14,26H,15-18H2,1H3,(H,31,32)/t26-/m0/s1. The van der Waals surface area contributed by atoms with Crippen LogP contribution in [0.25, 0.3) is 22.6 Å². The summed E-state index contributed by atoms with van der Waals surface area (Å²) >= 11 is 1.65. The zero-order valence-electron chi connectivity index (χ0n) is 19.4. The largest absolute Gasteiger partial charge is 0.487 e. The number of aryl methyl sites for hydroxylation is 1. The highest BCUT2D eigenvalue weighted by Crippen LogP contribution is 2.27. The van der Waals surface area contributed by atoms with Gasteiger partial charge in [-0.2, -0.15) is 0 Å². The third kappa shape index (κ3) is 5.42. The number of benzene rings is 3. The Morgan fingerprint density at radius 2 is 1.71 bits per heavy atom. The van der Waals surface area contributed by atoms with Crippen LogP contribution in [0.5, 0.6) is 5.75 Å². The van der Waals surface area contributed by atoms with Gasteiger partial charge in [-0.3, -0.25) is 9.69 Å². The molecule has 5 rings (SSSR count). The summed E-state index contributed by atoms with van der Waals surface area (Å²) < 4.78 is 11.9. The SMILES string of the molecule is Cc1oc(-c2ccc(-c3ccccc3)cc2)nc1COc1ccc(CN2CSC[C@H]2C(=O)O)cc1. The Balaban J connectivity index is 1.20. The van der Waals surface area contributed by atoms with Gasteiger partial charge in [-0.25, -0.2) is 4.98 Å². The summed E-state index contributed by atoms with van der Waals surface area (Å²) in [6.45, 7) is 2.81. The number of oxazole rings is 1. The van der Waals surface area contributed by atoms with Crippen LogP contribution in [0.1, 0.15) is 17.0 Å². The van der Waals surface area contributed by atoms with Gasteiger partial charge in [0.1, 0.15) is 29.9 Å².